The summed E-state index contributed by atoms with van der Waals surface area (Å²) in [5.41, 5.74) is 5.50. The fourth-order valence-electron chi connectivity index (χ4n) is 1.44. The summed E-state index contributed by atoms with van der Waals surface area (Å²) in [4.78, 5) is 27.7. The van der Waals surface area contributed by atoms with Gasteiger partial charge in [0.05, 0.1) is 7.11 Å². The van der Waals surface area contributed by atoms with Gasteiger partial charge in [0.25, 0.3) is 0 Å². The topological polar surface area (TPSA) is 85.0 Å². The Morgan fingerprint density at radius 1 is 1.67 bits per heavy atom. The van der Waals surface area contributed by atoms with E-state index in [1.54, 1.807) is 0 Å². The molecular formula is C9H15N3O3. The van der Waals surface area contributed by atoms with Crippen molar-refractivity contribution in [2.24, 2.45) is 16.6 Å². The van der Waals surface area contributed by atoms with Gasteiger partial charge in [0.15, 0.2) is 6.04 Å². The molecule has 0 saturated heterocycles. The van der Waals surface area contributed by atoms with Crippen LogP contribution in [-0.2, 0) is 9.53 Å². The normalized spacial score (nSPS) is 20.8. The molecule has 0 radical (unpaired) electrons. The third-order valence-corrected chi connectivity index (χ3v) is 2.05. The van der Waals surface area contributed by atoms with E-state index >= 15 is 0 Å². The number of methoxy groups -OCH3 is 1. The molecule has 15 heavy (non-hydrogen) atoms. The van der Waals surface area contributed by atoms with Crippen LogP contribution in [0.2, 0.25) is 0 Å². The second kappa shape index (κ2) is 4.29. The zero-order valence-electron chi connectivity index (χ0n) is 9.06. The number of carbonyl (C=O) groups is 2. The summed E-state index contributed by atoms with van der Waals surface area (Å²) in [6.45, 7) is 4.31. The molecule has 0 bridgehead atoms. The lowest BCUT2D eigenvalue weighted by Crippen LogP contribution is -2.48. The Balaban J connectivity index is 2.85. The first-order chi connectivity index (χ1) is 6.97. The number of urea groups is 1. The van der Waals surface area contributed by atoms with Gasteiger partial charge in [-0.25, -0.2) is 9.59 Å². The summed E-state index contributed by atoms with van der Waals surface area (Å²) in [5.74, 6) is -0.308. The predicted octanol–water partition coefficient (Wildman–Crippen LogP) is -0.0232. The smallest absolute Gasteiger partial charge is 0.346 e. The van der Waals surface area contributed by atoms with Crippen LogP contribution < -0.4 is 5.73 Å². The number of aliphatic imine (C=N–C) groups is 1. The highest BCUT2D eigenvalue weighted by Gasteiger charge is 2.39. The van der Waals surface area contributed by atoms with E-state index in [4.69, 9.17) is 5.73 Å². The van der Waals surface area contributed by atoms with Gasteiger partial charge in [0.2, 0.25) is 0 Å². The number of nitrogens with zero attached hydrogens (tertiary/aromatic N) is 2. The van der Waals surface area contributed by atoms with Crippen LogP contribution in [-0.4, -0.2) is 42.4 Å². The van der Waals surface area contributed by atoms with Crippen LogP contribution in [0.1, 0.15) is 13.8 Å². The molecule has 1 heterocycles. The molecule has 6 heteroatoms. The largest absolute Gasteiger partial charge is 0.467 e. The zero-order valence-corrected chi connectivity index (χ0v) is 9.06. The highest BCUT2D eigenvalue weighted by Crippen LogP contribution is 2.14. The summed E-state index contributed by atoms with van der Waals surface area (Å²) >= 11 is 0. The number of esters is 1. The van der Waals surface area contributed by atoms with Crippen LogP contribution in [0.25, 0.3) is 0 Å². The SMILES string of the molecule is COC(=O)C1C(N)=NC(=O)N1CC(C)C. The Morgan fingerprint density at radius 2 is 2.27 bits per heavy atom. The molecule has 0 saturated carbocycles. The van der Waals surface area contributed by atoms with Crippen molar-refractivity contribution in [3.8, 4) is 0 Å². The second-order valence-corrected chi connectivity index (χ2v) is 3.79. The Hall–Kier alpha value is -1.59. The van der Waals surface area contributed by atoms with Gasteiger partial charge in [0.1, 0.15) is 5.84 Å². The molecule has 0 spiro atoms. The van der Waals surface area contributed by atoms with Crippen molar-refractivity contribution in [1.29, 1.82) is 0 Å². The maximum Gasteiger partial charge on any atom is 0.346 e. The lowest BCUT2D eigenvalue weighted by molar-refractivity contribution is -0.143. The van der Waals surface area contributed by atoms with E-state index in [0.29, 0.717) is 6.54 Å². The predicted molar refractivity (Wildman–Crippen MR) is 54.4 cm³/mol. The second-order valence-electron chi connectivity index (χ2n) is 3.79. The van der Waals surface area contributed by atoms with Crippen molar-refractivity contribution in [2.45, 2.75) is 19.9 Å². The summed E-state index contributed by atoms with van der Waals surface area (Å²) < 4.78 is 4.57. The summed E-state index contributed by atoms with van der Waals surface area (Å²) in [6.07, 6.45) is 0. The molecule has 0 aromatic rings. The van der Waals surface area contributed by atoms with Crippen molar-refractivity contribution in [2.75, 3.05) is 13.7 Å². The van der Waals surface area contributed by atoms with E-state index < -0.39 is 18.0 Å². The monoisotopic (exact) mass is 213 g/mol. The minimum atomic E-state index is -0.857. The first kappa shape index (κ1) is 11.5. The van der Waals surface area contributed by atoms with E-state index in [9.17, 15) is 9.59 Å². The quantitative estimate of drug-likeness (QED) is 0.667. The number of nitrogens with two attached hydrogens (primary N) is 1. The standard InChI is InChI=1S/C9H15N3O3/c1-5(2)4-12-6(8(13)15-3)7(10)11-9(12)14/h5-6H,4H2,1-3H3,(H2,10,11,14). The highest BCUT2D eigenvalue weighted by atomic mass is 16.5. The molecule has 1 rings (SSSR count). The molecular weight excluding hydrogens is 198 g/mol. The highest BCUT2D eigenvalue weighted by molar-refractivity contribution is 6.13. The van der Waals surface area contributed by atoms with Gasteiger partial charge in [0, 0.05) is 6.54 Å². The fourth-order valence-corrected chi connectivity index (χ4v) is 1.44. The number of amidine groups is 1. The number of carbonyl (C=O) groups excluding carboxylic acids is 2. The first-order valence-electron chi connectivity index (χ1n) is 4.69. The van der Waals surface area contributed by atoms with Crippen LogP contribution >= 0.6 is 0 Å². The molecule has 1 aliphatic heterocycles. The van der Waals surface area contributed by atoms with Gasteiger partial charge in [-0.1, -0.05) is 13.8 Å². The van der Waals surface area contributed by atoms with Gasteiger partial charge in [-0.15, -0.1) is 0 Å². The molecule has 1 atom stereocenters. The first-order valence-corrected chi connectivity index (χ1v) is 4.69. The van der Waals surface area contributed by atoms with Crippen LogP contribution in [0.15, 0.2) is 4.99 Å². The molecule has 1 unspecified atom stereocenters. The minimum Gasteiger partial charge on any atom is -0.467 e. The Labute approximate surface area is 88.1 Å². The molecule has 0 aliphatic carbocycles. The van der Waals surface area contributed by atoms with E-state index in [1.165, 1.54) is 12.0 Å². The van der Waals surface area contributed by atoms with E-state index in [-0.39, 0.29) is 11.8 Å². The lowest BCUT2D eigenvalue weighted by Gasteiger charge is -2.23. The maximum absolute atomic E-state index is 11.4. The minimum absolute atomic E-state index is 0.00694. The van der Waals surface area contributed by atoms with Crippen molar-refractivity contribution < 1.29 is 14.3 Å². The number of amides is 2. The van der Waals surface area contributed by atoms with Gasteiger partial charge in [-0.05, 0) is 5.92 Å². The average molecular weight is 213 g/mol. The molecule has 84 valence electrons. The summed E-state index contributed by atoms with van der Waals surface area (Å²) in [7, 11) is 1.26. The van der Waals surface area contributed by atoms with Crippen LogP contribution in [0.5, 0.6) is 0 Å². The molecule has 2 N–H and O–H groups in total. The molecule has 1 aliphatic rings. The van der Waals surface area contributed by atoms with Crippen molar-refractivity contribution in [1.82, 2.24) is 4.90 Å². The third-order valence-electron chi connectivity index (χ3n) is 2.05. The van der Waals surface area contributed by atoms with Gasteiger partial charge < -0.3 is 15.4 Å². The van der Waals surface area contributed by atoms with Crippen molar-refractivity contribution in [3.63, 3.8) is 0 Å². The summed E-state index contributed by atoms with van der Waals surface area (Å²) in [6, 6.07) is -1.33. The Morgan fingerprint density at radius 3 is 2.73 bits per heavy atom. The van der Waals surface area contributed by atoms with Crippen LogP contribution in [0.3, 0.4) is 0 Å². The average Bonchev–Trinajstić information content (AvgIpc) is 2.40. The van der Waals surface area contributed by atoms with E-state index in [0.717, 1.165) is 0 Å². The number of ether oxygens (including phenoxy) is 1. The number of hydrogen-bond acceptors (Lipinski definition) is 4. The third kappa shape index (κ3) is 2.26. The molecule has 2 amide bonds. The van der Waals surface area contributed by atoms with Crippen LogP contribution in [0, 0.1) is 5.92 Å². The maximum atomic E-state index is 11.4. The number of hydrogen-bond donors (Lipinski definition) is 1. The van der Waals surface area contributed by atoms with Crippen molar-refractivity contribution >= 4 is 17.8 Å². The van der Waals surface area contributed by atoms with E-state index in [1.807, 2.05) is 13.8 Å². The van der Waals surface area contributed by atoms with Crippen LogP contribution in [0.4, 0.5) is 4.79 Å². The Bertz CT molecular complexity index is 312. The molecule has 0 aromatic carbocycles. The van der Waals surface area contributed by atoms with Gasteiger partial charge in [-0.2, -0.15) is 4.99 Å². The van der Waals surface area contributed by atoms with E-state index in [2.05, 4.69) is 9.73 Å². The van der Waals surface area contributed by atoms with Gasteiger partial charge >= 0.3 is 12.0 Å². The number of rotatable bonds is 3. The fraction of sp³-hybridized carbons (Fsp3) is 0.667. The molecule has 0 fully saturated rings. The van der Waals surface area contributed by atoms with Gasteiger partial charge in [-0.3, -0.25) is 0 Å². The zero-order chi connectivity index (χ0) is 11.6. The molecule has 0 aromatic heterocycles. The van der Waals surface area contributed by atoms with Crippen molar-refractivity contribution in [3.05, 3.63) is 0 Å². The molecule has 6 nitrogen and oxygen atoms in total. The summed E-state index contributed by atoms with van der Waals surface area (Å²) in [5, 5.41) is 0. The lowest BCUT2D eigenvalue weighted by atomic mass is 10.1. The Kier molecular flexibility index (Phi) is 3.28.